The number of nitrogens with two attached hydrogens (primary N) is 1. The normalized spacial score (nSPS) is 22.8. The molecule has 4 heteroatoms. The monoisotopic (exact) mass is 237 g/mol. The van der Waals surface area contributed by atoms with E-state index in [1.165, 1.54) is 54.2 Å². The molecule has 2 aliphatic rings. The number of anilines is 2. The van der Waals surface area contributed by atoms with Crippen LogP contribution in [0.1, 0.15) is 50.5 Å². The molecule has 2 aliphatic carbocycles. The summed E-state index contributed by atoms with van der Waals surface area (Å²) >= 11 is 1.54. The molecule has 0 aliphatic heterocycles. The van der Waals surface area contributed by atoms with Crippen LogP contribution in [-0.2, 0) is 0 Å². The van der Waals surface area contributed by atoms with Gasteiger partial charge in [-0.1, -0.05) is 6.42 Å². The first-order valence-electron chi connectivity index (χ1n) is 6.27. The van der Waals surface area contributed by atoms with Gasteiger partial charge in [-0.25, -0.2) is 0 Å². The zero-order valence-electron chi connectivity index (χ0n) is 9.70. The summed E-state index contributed by atoms with van der Waals surface area (Å²) in [5, 5.41) is 4.87. The molecule has 1 atom stereocenters. The van der Waals surface area contributed by atoms with E-state index in [-0.39, 0.29) is 0 Å². The Balaban J connectivity index is 1.73. The maximum absolute atomic E-state index is 5.94. The third-order valence-corrected chi connectivity index (χ3v) is 4.77. The molecule has 0 aromatic carbocycles. The standard InChI is InChI=1S/C12H19N3S/c1-7(8-3-2-4-8)14-12-10(9-5-6-9)11(13)15-16-12/h7-9,14H,2-6H2,1H3,(H2,13,15). The lowest BCUT2D eigenvalue weighted by molar-refractivity contribution is 0.285. The topological polar surface area (TPSA) is 50.9 Å². The minimum atomic E-state index is 0.575. The molecule has 1 unspecified atom stereocenters. The van der Waals surface area contributed by atoms with Gasteiger partial charge in [-0.3, -0.25) is 0 Å². The number of nitrogen functional groups attached to an aromatic ring is 1. The van der Waals surface area contributed by atoms with Crippen LogP contribution in [-0.4, -0.2) is 10.4 Å². The van der Waals surface area contributed by atoms with Crippen LogP contribution in [0.25, 0.3) is 0 Å². The summed E-state index contributed by atoms with van der Waals surface area (Å²) in [7, 11) is 0. The number of nitrogens with one attached hydrogen (secondary N) is 1. The summed E-state index contributed by atoms with van der Waals surface area (Å²) in [5.41, 5.74) is 7.24. The van der Waals surface area contributed by atoms with Gasteiger partial charge in [0, 0.05) is 11.6 Å². The van der Waals surface area contributed by atoms with E-state index in [2.05, 4.69) is 16.6 Å². The van der Waals surface area contributed by atoms with Crippen molar-refractivity contribution in [2.45, 2.75) is 51.0 Å². The lowest BCUT2D eigenvalue weighted by atomic mass is 9.80. The SMILES string of the molecule is CC(Nc1snc(N)c1C1CC1)C1CCC1. The summed E-state index contributed by atoms with van der Waals surface area (Å²) in [6.45, 7) is 2.29. The average molecular weight is 237 g/mol. The zero-order chi connectivity index (χ0) is 11.1. The first kappa shape index (κ1) is 10.4. The van der Waals surface area contributed by atoms with E-state index in [4.69, 9.17) is 5.73 Å². The van der Waals surface area contributed by atoms with Crippen LogP contribution in [0.3, 0.4) is 0 Å². The molecule has 0 spiro atoms. The Morgan fingerprint density at radius 1 is 1.38 bits per heavy atom. The van der Waals surface area contributed by atoms with E-state index >= 15 is 0 Å². The van der Waals surface area contributed by atoms with Gasteiger partial charge >= 0.3 is 0 Å². The second-order valence-electron chi connectivity index (χ2n) is 5.21. The van der Waals surface area contributed by atoms with Crippen LogP contribution in [0.2, 0.25) is 0 Å². The van der Waals surface area contributed by atoms with Gasteiger partial charge in [0.25, 0.3) is 0 Å². The van der Waals surface area contributed by atoms with Crippen molar-refractivity contribution in [2.75, 3.05) is 11.1 Å². The van der Waals surface area contributed by atoms with Gasteiger partial charge in [-0.2, -0.15) is 4.37 Å². The second-order valence-corrected chi connectivity index (χ2v) is 5.98. The van der Waals surface area contributed by atoms with Crippen molar-refractivity contribution in [3.63, 3.8) is 0 Å². The Labute approximate surface area is 101 Å². The van der Waals surface area contributed by atoms with Crippen molar-refractivity contribution in [1.29, 1.82) is 0 Å². The molecule has 3 rings (SSSR count). The third-order valence-electron chi connectivity index (χ3n) is 3.96. The highest BCUT2D eigenvalue weighted by molar-refractivity contribution is 7.10. The lowest BCUT2D eigenvalue weighted by Gasteiger charge is -2.32. The molecule has 0 radical (unpaired) electrons. The van der Waals surface area contributed by atoms with E-state index in [9.17, 15) is 0 Å². The van der Waals surface area contributed by atoms with Crippen LogP contribution in [0, 0.1) is 5.92 Å². The fraction of sp³-hybridized carbons (Fsp3) is 0.750. The molecular formula is C12H19N3S. The van der Waals surface area contributed by atoms with Crippen LogP contribution in [0.15, 0.2) is 0 Å². The fourth-order valence-corrected chi connectivity index (χ4v) is 3.34. The zero-order valence-corrected chi connectivity index (χ0v) is 10.5. The molecule has 88 valence electrons. The predicted octanol–water partition coefficient (Wildman–Crippen LogP) is 3.20. The number of hydrogen-bond acceptors (Lipinski definition) is 4. The highest BCUT2D eigenvalue weighted by Crippen LogP contribution is 2.48. The summed E-state index contributed by atoms with van der Waals surface area (Å²) < 4.78 is 4.29. The number of rotatable bonds is 4. The van der Waals surface area contributed by atoms with Gasteiger partial charge in [-0.05, 0) is 56.0 Å². The molecule has 1 aromatic rings. The van der Waals surface area contributed by atoms with Crippen molar-refractivity contribution in [1.82, 2.24) is 4.37 Å². The Kier molecular flexibility index (Phi) is 2.54. The predicted molar refractivity (Wildman–Crippen MR) is 68.9 cm³/mol. The molecule has 3 nitrogen and oxygen atoms in total. The molecule has 2 fully saturated rings. The smallest absolute Gasteiger partial charge is 0.142 e. The largest absolute Gasteiger partial charge is 0.383 e. The van der Waals surface area contributed by atoms with E-state index < -0.39 is 0 Å². The quantitative estimate of drug-likeness (QED) is 0.845. The van der Waals surface area contributed by atoms with Gasteiger partial charge < -0.3 is 11.1 Å². The average Bonchev–Trinajstić information content (AvgIpc) is 2.91. The van der Waals surface area contributed by atoms with Gasteiger partial charge in [0.2, 0.25) is 0 Å². The van der Waals surface area contributed by atoms with Crippen molar-refractivity contribution < 1.29 is 0 Å². The molecule has 1 heterocycles. The number of nitrogens with zero attached hydrogens (tertiary/aromatic N) is 1. The van der Waals surface area contributed by atoms with Gasteiger partial charge in [0.15, 0.2) is 0 Å². The van der Waals surface area contributed by atoms with Crippen LogP contribution in [0.5, 0.6) is 0 Å². The lowest BCUT2D eigenvalue weighted by Crippen LogP contribution is -2.30. The number of aromatic nitrogens is 1. The molecule has 0 bridgehead atoms. The van der Waals surface area contributed by atoms with Crippen molar-refractivity contribution in [3.05, 3.63) is 5.56 Å². The summed E-state index contributed by atoms with van der Waals surface area (Å²) in [5.74, 6) is 2.31. The summed E-state index contributed by atoms with van der Waals surface area (Å²) in [6, 6.07) is 0.575. The first-order chi connectivity index (χ1) is 7.75. The minimum absolute atomic E-state index is 0.575. The fourth-order valence-electron chi connectivity index (χ4n) is 2.44. The van der Waals surface area contributed by atoms with Gasteiger partial charge in [0.1, 0.15) is 10.8 Å². The van der Waals surface area contributed by atoms with Crippen LogP contribution >= 0.6 is 11.5 Å². The summed E-state index contributed by atoms with van der Waals surface area (Å²) in [6.07, 6.45) is 6.73. The van der Waals surface area contributed by atoms with Gasteiger partial charge in [-0.15, -0.1) is 0 Å². The summed E-state index contributed by atoms with van der Waals surface area (Å²) in [4.78, 5) is 0. The molecule has 2 saturated carbocycles. The van der Waals surface area contributed by atoms with E-state index in [0.717, 1.165) is 11.7 Å². The Morgan fingerprint density at radius 3 is 2.69 bits per heavy atom. The van der Waals surface area contributed by atoms with E-state index in [0.29, 0.717) is 12.0 Å². The first-order valence-corrected chi connectivity index (χ1v) is 7.04. The second kappa shape index (κ2) is 3.91. The Hall–Kier alpha value is -0.770. The Bertz CT molecular complexity index is 380. The molecule has 0 saturated heterocycles. The van der Waals surface area contributed by atoms with E-state index in [1.54, 1.807) is 0 Å². The highest BCUT2D eigenvalue weighted by atomic mass is 32.1. The third kappa shape index (κ3) is 1.79. The van der Waals surface area contributed by atoms with Crippen molar-refractivity contribution in [2.24, 2.45) is 5.92 Å². The van der Waals surface area contributed by atoms with Crippen molar-refractivity contribution in [3.8, 4) is 0 Å². The molecule has 16 heavy (non-hydrogen) atoms. The Morgan fingerprint density at radius 2 is 2.12 bits per heavy atom. The molecular weight excluding hydrogens is 218 g/mol. The molecule has 0 amide bonds. The highest BCUT2D eigenvalue weighted by Gasteiger charge is 2.32. The van der Waals surface area contributed by atoms with E-state index in [1.807, 2.05) is 0 Å². The van der Waals surface area contributed by atoms with Crippen LogP contribution < -0.4 is 11.1 Å². The minimum Gasteiger partial charge on any atom is -0.383 e. The van der Waals surface area contributed by atoms with Crippen LogP contribution in [0.4, 0.5) is 10.8 Å². The maximum Gasteiger partial charge on any atom is 0.142 e. The number of hydrogen-bond donors (Lipinski definition) is 2. The molecule has 1 aromatic heterocycles. The van der Waals surface area contributed by atoms with Gasteiger partial charge in [0.05, 0.1) is 0 Å². The van der Waals surface area contributed by atoms with Crippen molar-refractivity contribution >= 4 is 22.4 Å². The molecule has 3 N–H and O–H groups in total. The maximum atomic E-state index is 5.94.